The molecule has 0 aliphatic heterocycles. The van der Waals surface area contributed by atoms with E-state index in [1.54, 1.807) is 36.6 Å². The van der Waals surface area contributed by atoms with Crippen LogP contribution in [-0.2, 0) is 14.3 Å². The lowest BCUT2D eigenvalue weighted by Gasteiger charge is -2.11. The van der Waals surface area contributed by atoms with E-state index in [0.29, 0.717) is 28.5 Å². The van der Waals surface area contributed by atoms with Crippen molar-refractivity contribution in [2.24, 2.45) is 0 Å². The van der Waals surface area contributed by atoms with E-state index in [1.165, 1.54) is 14.2 Å². The number of esters is 2. The van der Waals surface area contributed by atoms with E-state index < -0.39 is 24.5 Å². The van der Waals surface area contributed by atoms with E-state index in [-0.39, 0.29) is 22.9 Å². The van der Waals surface area contributed by atoms with Crippen molar-refractivity contribution in [1.29, 1.82) is 0 Å². The lowest BCUT2D eigenvalue weighted by molar-refractivity contribution is -0.119. The molecule has 4 rings (SSSR count). The second kappa shape index (κ2) is 10.6. The van der Waals surface area contributed by atoms with Crippen LogP contribution in [0.3, 0.4) is 0 Å². The molecule has 1 aromatic carbocycles. The molecule has 0 atom stereocenters. The first-order valence-corrected chi connectivity index (χ1v) is 11.9. The molecule has 2 aromatic heterocycles. The van der Waals surface area contributed by atoms with Gasteiger partial charge in [0.15, 0.2) is 23.8 Å². The van der Waals surface area contributed by atoms with Crippen LogP contribution < -0.4 is 14.8 Å². The van der Waals surface area contributed by atoms with E-state index in [0.717, 1.165) is 29.9 Å². The van der Waals surface area contributed by atoms with Gasteiger partial charge < -0.3 is 24.3 Å². The molecule has 0 bridgehead atoms. The summed E-state index contributed by atoms with van der Waals surface area (Å²) in [5.41, 5.74) is 2.45. The lowest BCUT2D eigenvalue weighted by atomic mass is 10.0. The molecule has 1 saturated carbocycles. The quantitative estimate of drug-likeness (QED) is 0.401. The average Bonchev–Trinajstić information content (AvgIpc) is 3.44. The number of anilines is 1. The van der Waals surface area contributed by atoms with Gasteiger partial charge in [0.25, 0.3) is 5.91 Å². The Morgan fingerprint density at radius 3 is 2.54 bits per heavy atom. The normalized spacial score (nSPS) is 12.7. The van der Waals surface area contributed by atoms with Crippen molar-refractivity contribution in [1.82, 2.24) is 10.2 Å². The number of carbonyl (C=O) groups is 3. The number of carbonyl (C=O) groups excluding carboxylic acids is 3. The predicted molar refractivity (Wildman–Crippen MR) is 128 cm³/mol. The Kier molecular flexibility index (Phi) is 7.35. The number of thiophene rings is 1. The fourth-order valence-electron chi connectivity index (χ4n) is 3.48. The third-order valence-corrected chi connectivity index (χ3v) is 6.27. The number of aromatic nitrogens is 2. The third kappa shape index (κ3) is 5.46. The van der Waals surface area contributed by atoms with Crippen LogP contribution >= 0.6 is 11.3 Å². The van der Waals surface area contributed by atoms with Gasteiger partial charge in [0.2, 0.25) is 0 Å². The van der Waals surface area contributed by atoms with Gasteiger partial charge in [-0.1, -0.05) is 6.07 Å². The van der Waals surface area contributed by atoms with Crippen LogP contribution in [0.1, 0.15) is 52.2 Å². The second-order valence-corrected chi connectivity index (χ2v) is 8.63. The molecule has 184 valence electrons. The van der Waals surface area contributed by atoms with Gasteiger partial charge >= 0.3 is 11.9 Å². The molecule has 2 N–H and O–H groups in total. The van der Waals surface area contributed by atoms with E-state index in [4.69, 9.17) is 18.9 Å². The number of hydrogen-bond donors (Lipinski definition) is 2. The van der Waals surface area contributed by atoms with Crippen molar-refractivity contribution in [3.63, 3.8) is 0 Å². The van der Waals surface area contributed by atoms with Gasteiger partial charge in [-0.15, -0.1) is 11.3 Å². The number of amides is 1. The van der Waals surface area contributed by atoms with Crippen molar-refractivity contribution < 1.29 is 33.3 Å². The van der Waals surface area contributed by atoms with Crippen LogP contribution in [0, 0.1) is 0 Å². The Hall–Kier alpha value is -3.86. The maximum absolute atomic E-state index is 12.8. The summed E-state index contributed by atoms with van der Waals surface area (Å²) in [7, 11) is 3.05. The summed E-state index contributed by atoms with van der Waals surface area (Å²) in [5, 5.41) is 11.4. The smallest absolute Gasteiger partial charge is 0.359 e. The maximum Gasteiger partial charge on any atom is 0.359 e. The summed E-state index contributed by atoms with van der Waals surface area (Å²) in [5.74, 6) is -0.441. The molecule has 1 fully saturated rings. The standard InChI is InChI=1S/C24H25N3O7S/c1-4-33-24(30)21-15(14-7-8-18(31-2)19(9-14)32-3)12-35-22(21)25-20(28)11-34-23(29)17-10-16(26-27-17)13-5-6-13/h7-10,12-13H,4-6,11H2,1-3H3,(H,25,28)(H,26,27). The number of benzene rings is 1. The minimum atomic E-state index is -0.703. The van der Waals surface area contributed by atoms with Crippen LogP contribution in [0.25, 0.3) is 11.1 Å². The van der Waals surface area contributed by atoms with E-state index in [9.17, 15) is 14.4 Å². The highest BCUT2D eigenvalue weighted by molar-refractivity contribution is 7.15. The van der Waals surface area contributed by atoms with E-state index in [2.05, 4.69) is 15.5 Å². The number of H-pyrrole nitrogens is 1. The summed E-state index contributed by atoms with van der Waals surface area (Å²) in [6.07, 6.45) is 2.13. The topological polar surface area (TPSA) is 129 Å². The Balaban J connectivity index is 1.49. The SMILES string of the molecule is CCOC(=O)c1c(-c2ccc(OC)c(OC)c2)csc1NC(=O)COC(=O)c1cc(C2CC2)[nH]n1. The van der Waals surface area contributed by atoms with Crippen LogP contribution in [0.5, 0.6) is 11.5 Å². The van der Waals surface area contributed by atoms with Crippen molar-refractivity contribution in [2.45, 2.75) is 25.7 Å². The summed E-state index contributed by atoms with van der Waals surface area (Å²) in [6, 6.07) is 6.88. The molecular formula is C24H25N3O7S. The molecule has 2 heterocycles. The molecule has 10 nitrogen and oxygen atoms in total. The molecule has 35 heavy (non-hydrogen) atoms. The monoisotopic (exact) mass is 499 g/mol. The number of nitrogens with zero attached hydrogens (tertiary/aromatic N) is 1. The van der Waals surface area contributed by atoms with Gasteiger partial charge in [-0.3, -0.25) is 9.89 Å². The molecule has 0 radical (unpaired) electrons. The molecule has 0 saturated heterocycles. The molecule has 0 spiro atoms. The van der Waals surface area contributed by atoms with Crippen molar-refractivity contribution in [2.75, 3.05) is 32.8 Å². The van der Waals surface area contributed by atoms with Crippen LogP contribution in [0.4, 0.5) is 5.00 Å². The van der Waals surface area contributed by atoms with Crippen LogP contribution in [-0.4, -0.2) is 55.5 Å². The predicted octanol–water partition coefficient (Wildman–Crippen LogP) is 4.01. The lowest BCUT2D eigenvalue weighted by Crippen LogP contribution is -2.22. The number of ether oxygens (including phenoxy) is 4. The molecule has 0 unspecified atom stereocenters. The summed E-state index contributed by atoms with van der Waals surface area (Å²) in [6.45, 7) is 1.33. The maximum atomic E-state index is 12.8. The first kappa shape index (κ1) is 24.3. The number of rotatable bonds is 10. The van der Waals surface area contributed by atoms with Crippen LogP contribution in [0.2, 0.25) is 0 Å². The average molecular weight is 500 g/mol. The number of hydrogen-bond acceptors (Lipinski definition) is 9. The molecule has 3 aromatic rings. The Morgan fingerprint density at radius 2 is 1.86 bits per heavy atom. The van der Waals surface area contributed by atoms with Gasteiger partial charge in [-0.2, -0.15) is 5.10 Å². The van der Waals surface area contributed by atoms with Crippen molar-refractivity contribution in [3.8, 4) is 22.6 Å². The summed E-state index contributed by atoms with van der Waals surface area (Å²) in [4.78, 5) is 37.6. The number of nitrogens with one attached hydrogen (secondary N) is 2. The molecule has 1 amide bonds. The zero-order chi connectivity index (χ0) is 24.9. The van der Waals surface area contributed by atoms with Gasteiger partial charge in [0.1, 0.15) is 10.6 Å². The summed E-state index contributed by atoms with van der Waals surface area (Å²) < 4.78 is 21.0. The highest BCUT2D eigenvalue weighted by atomic mass is 32.1. The fraction of sp³-hybridized carbons (Fsp3) is 0.333. The minimum Gasteiger partial charge on any atom is -0.493 e. The Morgan fingerprint density at radius 1 is 1.09 bits per heavy atom. The Labute approximate surface area is 205 Å². The summed E-state index contributed by atoms with van der Waals surface area (Å²) >= 11 is 1.16. The fourth-order valence-corrected chi connectivity index (χ4v) is 4.46. The van der Waals surface area contributed by atoms with Gasteiger partial charge in [-0.25, -0.2) is 9.59 Å². The largest absolute Gasteiger partial charge is 0.493 e. The molecule has 1 aliphatic carbocycles. The number of methoxy groups -OCH3 is 2. The second-order valence-electron chi connectivity index (χ2n) is 7.75. The first-order chi connectivity index (χ1) is 16.9. The zero-order valence-electron chi connectivity index (χ0n) is 19.5. The van der Waals surface area contributed by atoms with Crippen molar-refractivity contribution >= 4 is 34.2 Å². The molecular weight excluding hydrogens is 474 g/mol. The van der Waals surface area contributed by atoms with Gasteiger partial charge in [-0.05, 0) is 43.5 Å². The zero-order valence-corrected chi connectivity index (χ0v) is 20.3. The van der Waals surface area contributed by atoms with Crippen molar-refractivity contribution in [3.05, 3.63) is 46.6 Å². The molecule has 11 heteroatoms. The van der Waals surface area contributed by atoms with E-state index >= 15 is 0 Å². The first-order valence-electron chi connectivity index (χ1n) is 11.0. The number of aromatic amines is 1. The highest BCUT2D eigenvalue weighted by Crippen LogP contribution is 2.40. The third-order valence-electron chi connectivity index (χ3n) is 5.38. The van der Waals surface area contributed by atoms with Crippen LogP contribution in [0.15, 0.2) is 29.6 Å². The van der Waals surface area contributed by atoms with Gasteiger partial charge in [0, 0.05) is 22.6 Å². The molecule has 1 aliphatic rings. The highest BCUT2D eigenvalue weighted by Gasteiger charge is 2.27. The Bertz CT molecular complexity index is 1250. The minimum absolute atomic E-state index is 0.124. The van der Waals surface area contributed by atoms with E-state index in [1.807, 2.05) is 0 Å². The van der Waals surface area contributed by atoms with Gasteiger partial charge in [0.05, 0.1) is 20.8 Å².